The average molecular weight is 694 g/mol. The van der Waals surface area contributed by atoms with Crippen LogP contribution >= 0.6 is 0 Å². The molecule has 0 saturated carbocycles. The number of halogens is 9. The summed E-state index contributed by atoms with van der Waals surface area (Å²) in [6.07, 6.45) is -11.4. The Morgan fingerprint density at radius 2 is 1.50 bits per heavy atom. The predicted octanol–water partition coefficient (Wildman–Crippen LogP) is 6.24. The summed E-state index contributed by atoms with van der Waals surface area (Å²) in [5.41, 5.74) is 2.22. The van der Waals surface area contributed by atoms with Crippen LogP contribution in [0.3, 0.4) is 0 Å². The van der Waals surface area contributed by atoms with Crippen LogP contribution in [0.15, 0.2) is 47.8 Å². The van der Waals surface area contributed by atoms with Gasteiger partial charge < -0.3 is 15.2 Å². The number of aromatic nitrogens is 3. The van der Waals surface area contributed by atoms with E-state index in [1.54, 1.807) is 6.33 Å². The number of hydrogen-bond acceptors (Lipinski definition) is 6. The molecule has 0 spiro atoms. The zero-order chi connectivity index (χ0) is 35.6. The van der Waals surface area contributed by atoms with Gasteiger partial charge in [0, 0.05) is 39.1 Å². The van der Waals surface area contributed by atoms with E-state index >= 15 is 0 Å². The molecule has 2 heterocycles. The summed E-state index contributed by atoms with van der Waals surface area (Å²) in [6, 6.07) is 3.91. The number of guanidine groups is 1. The fraction of sp³-hybridized carbons (Fsp3) is 0.500. The Bertz CT molecular complexity index is 1540. The number of hydrazine groups is 1. The number of piperidine rings is 1. The lowest BCUT2D eigenvalue weighted by Crippen LogP contribution is -2.40. The predicted molar refractivity (Wildman–Crippen MR) is 158 cm³/mol. The first-order valence-electron chi connectivity index (χ1n) is 14.9. The Balaban J connectivity index is 1.74. The number of nitrogens with two attached hydrogens (primary N) is 2. The van der Waals surface area contributed by atoms with Crippen LogP contribution in [0.5, 0.6) is 0 Å². The Morgan fingerprint density at radius 3 is 1.98 bits per heavy atom. The molecule has 9 nitrogen and oxygen atoms in total. The fourth-order valence-electron chi connectivity index (χ4n) is 6.03. The highest BCUT2D eigenvalue weighted by Crippen LogP contribution is 2.39. The number of benzene rings is 2. The van der Waals surface area contributed by atoms with E-state index in [2.05, 4.69) is 20.2 Å². The molecule has 1 aliphatic rings. The van der Waals surface area contributed by atoms with Crippen molar-refractivity contribution in [1.29, 1.82) is 0 Å². The number of hydrogen-bond donors (Lipinski definition) is 2. The van der Waals surface area contributed by atoms with Crippen LogP contribution in [0.25, 0.3) is 0 Å². The van der Waals surface area contributed by atoms with E-state index in [0.29, 0.717) is 50.0 Å². The van der Waals surface area contributed by atoms with Crippen LogP contribution < -0.4 is 11.6 Å². The third-order valence-corrected chi connectivity index (χ3v) is 8.26. The van der Waals surface area contributed by atoms with Crippen molar-refractivity contribution in [2.24, 2.45) is 23.7 Å². The number of nitrogens with zero attached hydrogens (tertiary/aromatic N) is 7. The molecule has 48 heavy (non-hydrogen) atoms. The van der Waals surface area contributed by atoms with Gasteiger partial charge in [-0.15, -0.1) is 15.3 Å². The molecular formula is C30H36F9N9. The molecule has 0 bridgehead atoms. The van der Waals surface area contributed by atoms with Crippen molar-refractivity contribution >= 4 is 5.96 Å². The van der Waals surface area contributed by atoms with Gasteiger partial charge in [0.05, 0.1) is 16.7 Å². The quantitative estimate of drug-likeness (QED) is 0.0900. The van der Waals surface area contributed by atoms with Crippen molar-refractivity contribution < 1.29 is 39.5 Å². The van der Waals surface area contributed by atoms with Crippen LogP contribution in [-0.2, 0) is 38.7 Å². The van der Waals surface area contributed by atoms with Crippen LogP contribution in [0.2, 0.25) is 0 Å². The van der Waals surface area contributed by atoms with Crippen LogP contribution in [0.4, 0.5) is 39.5 Å². The maximum atomic E-state index is 14.0. The van der Waals surface area contributed by atoms with Gasteiger partial charge in [0.25, 0.3) is 0 Å². The van der Waals surface area contributed by atoms with E-state index in [9.17, 15) is 39.5 Å². The van der Waals surface area contributed by atoms with Gasteiger partial charge in [-0.2, -0.15) is 39.5 Å². The third kappa shape index (κ3) is 8.89. The van der Waals surface area contributed by atoms with E-state index in [1.807, 2.05) is 18.5 Å². The van der Waals surface area contributed by atoms with Gasteiger partial charge in [0.15, 0.2) is 0 Å². The maximum absolute atomic E-state index is 14.0. The van der Waals surface area contributed by atoms with E-state index in [4.69, 9.17) is 11.6 Å². The monoisotopic (exact) mass is 693 g/mol. The van der Waals surface area contributed by atoms with Gasteiger partial charge in [0.2, 0.25) is 5.96 Å². The topological polar surface area (TPSA) is 105 Å². The molecule has 2 aromatic carbocycles. The van der Waals surface area contributed by atoms with E-state index in [1.165, 1.54) is 13.1 Å². The Kier molecular flexibility index (Phi) is 10.9. The van der Waals surface area contributed by atoms with E-state index < -0.39 is 59.8 Å². The van der Waals surface area contributed by atoms with Crippen LogP contribution in [-0.4, -0.2) is 55.8 Å². The lowest BCUT2D eigenvalue weighted by atomic mass is 9.90. The lowest BCUT2D eigenvalue weighted by molar-refractivity contribution is -0.143. The first-order chi connectivity index (χ1) is 22.3. The molecule has 1 atom stereocenters. The Morgan fingerprint density at radius 1 is 0.917 bits per heavy atom. The Hall–Kier alpha value is -4.06. The summed E-state index contributed by atoms with van der Waals surface area (Å²) in [7, 11) is 3.11. The number of rotatable bonds is 9. The summed E-state index contributed by atoms with van der Waals surface area (Å²) in [6.45, 7) is 1.95. The Labute approximate surface area is 270 Å². The van der Waals surface area contributed by atoms with Crippen molar-refractivity contribution in [3.8, 4) is 0 Å². The molecule has 0 radical (unpaired) electrons. The second kappa shape index (κ2) is 14.2. The fourth-order valence-corrected chi connectivity index (χ4v) is 6.03. The van der Waals surface area contributed by atoms with E-state index in [0.717, 1.165) is 28.0 Å². The summed E-state index contributed by atoms with van der Waals surface area (Å²) >= 11 is 0. The second-order valence-electron chi connectivity index (χ2n) is 11.7. The van der Waals surface area contributed by atoms with Crippen molar-refractivity contribution in [2.45, 2.75) is 69.8 Å². The molecule has 4 rings (SSSR count). The molecule has 4 N–H and O–H groups in total. The van der Waals surface area contributed by atoms with Gasteiger partial charge in [-0.1, -0.05) is 13.0 Å². The first kappa shape index (κ1) is 36.8. The van der Waals surface area contributed by atoms with Gasteiger partial charge in [0.1, 0.15) is 12.2 Å². The minimum Gasteiger partial charge on any atom is -0.368 e. The number of aryl methyl sites for hydroxylation is 1. The molecule has 1 aliphatic heterocycles. The number of likely N-dealkylation sites (tertiary alicyclic amines) is 1. The highest BCUT2D eigenvalue weighted by Gasteiger charge is 2.38. The first-order valence-corrected chi connectivity index (χ1v) is 14.9. The van der Waals surface area contributed by atoms with Crippen molar-refractivity contribution in [3.05, 3.63) is 81.9 Å². The second-order valence-corrected chi connectivity index (χ2v) is 11.7. The standard InChI is InChI=1S/C30H36F9N9/c1-4-25(47-9-7-19(8-10-47)26-43-42-17-45(26)2)24-6-5-21(28(31,32)33)13-20(24)16-48(27(40)44-46(3)41)15-18-11-22(29(34,35)36)14-23(12-18)30(37,38)39/h5-6,11-14,17,19,25H,4,7-10,15-16,41H2,1-3H3,(H2,40,44). The molecule has 1 fully saturated rings. The van der Waals surface area contributed by atoms with Crippen molar-refractivity contribution in [1.82, 2.24) is 29.7 Å². The zero-order valence-electron chi connectivity index (χ0n) is 26.3. The number of alkyl halides is 9. The normalized spacial score (nSPS) is 16.3. The average Bonchev–Trinajstić information content (AvgIpc) is 3.42. The highest BCUT2D eigenvalue weighted by molar-refractivity contribution is 5.78. The molecule has 0 amide bonds. The van der Waals surface area contributed by atoms with Gasteiger partial charge in [-0.3, -0.25) is 4.90 Å². The number of hydrazone groups is 1. The SMILES string of the molecule is CCC(c1ccc(C(F)(F)F)cc1CN(Cc1cc(C(F)(F)F)cc(C(F)(F)F)c1)/C(N)=N/N(C)N)N1CCC(c2nncn2C)CC1. The minimum absolute atomic E-state index is 0.0107. The molecule has 264 valence electrons. The van der Waals surface area contributed by atoms with Crippen molar-refractivity contribution in [2.75, 3.05) is 20.1 Å². The molecule has 18 heteroatoms. The molecule has 1 unspecified atom stereocenters. The van der Waals surface area contributed by atoms with Gasteiger partial charge >= 0.3 is 18.5 Å². The van der Waals surface area contributed by atoms with Crippen molar-refractivity contribution in [3.63, 3.8) is 0 Å². The molecule has 1 saturated heterocycles. The lowest BCUT2D eigenvalue weighted by Gasteiger charge is -2.38. The maximum Gasteiger partial charge on any atom is 0.416 e. The largest absolute Gasteiger partial charge is 0.416 e. The molecule has 0 aliphatic carbocycles. The summed E-state index contributed by atoms with van der Waals surface area (Å²) in [5, 5.41) is 12.7. The highest BCUT2D eigenvalue weighted by atomic mass is 19.4. The minimum atomic E-state index is -5.11. The summed E-state index contributed by atoms with van der Waals surface area (Å²) < 4.78 is 125. The summed E-state index contributed by atoms with van der Waals surface area (Å²) in [5.74, 6) is 6.11. The smallest absolute Gasteiger partial charge is 0.368 e. The van der Waals surface area contributed by atoms with Crippen LogP contribution in [0, 0.1) is 0 Å². The zero-order valence-corrected chi connectivity index (χ0v) is 26.3. The molecule has 1 aromatic heterocycles. The third-order valence-electron chi connectivity index (χ3n) is 8.26. The van der Waals surface area contributed by atoms with Gasteiger partial charge in [-0.25, -0.2) is 11.0 Å². The molecular weight excluding hydrogens is 657 g/mol. The molecule has 3 aromatic rings. The van der Waals surface area contributed by atoms with Gasteiger partial charge in [-0.05, 0) is 79.4 Å². The summed E-state index contributed by atoms with van der Waals surface area (Å²) in [4.78, 5) is 3.22. The van der Waals surface area contributed by atoms with E-state index in [-0.39, 0.29) is 23.6 Å². The van der Waals surface area contributed by atoms with Crippen LogP contribution in [0.1, 0.15) is 77.4 Å².